The van der Waals surface area contributed by atoms with Gasteiger partial charge in [0.05, 0.1) is 25.4 Å². The standard InChI is InChI=1S/C58H81NO13/c1-32-22-41(57-19-16-43(48(64)29-57)51-33(2)6-5-7-38(51)27-42(57)23-32)13-15-50(65)70-54-52(66)53-46(59-30-34(3)62)17-20-58(68,72-53)55(54)71-56(67)40(24-36-9-14-47(63)49(26-36)69-4)28-45-39(31-61)12-11-37-10-8-35(18-21-60)25-44(37)45/h8-10,14,17,20,24-26,32-34,38-39,41-43,45-46,48,51-55,59-64,66,68H,5-7,11-13,15-16,18-19,21-23,27-31H2,1-4H3/b40-24+/t32-,33-,34-,38-,39-,41+,42-,43+,45+,46+,48-,51-,52-,53-,54+,55+,57-,58+/m0/s1. The first-order valence-electron chi connectivity index (χ1n) is 27.2. The van der Waals surface area contributed by atoms with Crippen LogP contribution in [0.4, 0.5) is 0 Å². The third-order valence-corrected chi connectivity index (χ3v) is 18.8. The Morgan fingerprint density at radius 3 is 2.58 bits per heavy atom. The molecule has 18 atom stereocenters. The van der Waals surface area contributed by atoms with Crippen LogP contribution in [0.15, 0.2) is 54.1 Å². The number of rotatable bonds is 16. The van der Waals surface area contributed by atoms with Crippen LogP contribution in [0.25, 0.3) is 6.08 Å². The number of phenols is 1. The number of hydrogen-bond donors (Lipinski definition) is 8. The van der Waals surface area contributed by atoms with Gasteiger partial charge in [-0.1, -0.05) is 63.5 Å². The lowest BCUT2D eigenvalue weighted by Gasteiger charge is -2.61. The lowest BCUT2D eigenvalue weighted by Crippen LogP contribution is -2.71. The van der Waals surface area contributed by atoms with E-state index in [4.69, 9.17) is 18.9 Å². The molecule has 8 N–H and O–H groups in total. The lowest BCUT2D eigenvalue weighted by atomic mass is 9.44. The predicted molar refractivity (Wildman–Crippen MR) is 269 cm³/mol. The maximum atomic E-state index is 15.1. The predicted octanol–water partition coefficient (Wildman–Crippen LogP) is 6.27. The number of ether oxygens (including phenoxy) is 4. The van der Waals surface area contributed by atoms with E-state index in [1.165, 1.54) is 44.9 Å². The molecular formula is C58H81NO13. The zero-order valence-electron chi connectivity index (χ0n) is 42.7. The zero-order valence-corrected chi connectivity index (χ0v) is 42.7. The summed E-state index contributed by atoms with van der Waals surface area (Å²) in [7, 11) is 1.42. The van der Waals surface area contributed by atoms with E-state index in [1.807, 2.05) is 18.2 Å². The quantitative estimate of drug-likeness (QED) is 0.0527. The summed E-state index contributed by atoms with van der Waals surface area (Å²) in [6.07, 6.45) is 9.55. The van der Waals surface area contributed by atoms with Crippen molar-refractivity contribution in [1.82, 2.24) is 5.32 Å². The number of aryl methyl sites for hydroxylation is 1. The first kappa shape index (κ1) is 53.0. The van der Waals surface area contributed by atoms with E-state index in [1.54, 1.807) is 31.2 Å². The van der Waals surface area contributed by atoms with Crippen molar-refractivity contribution in [1.29, 1.82) is 0 Å². The Morgan fingerprint density at radius 1 is 1.01 bits per heavy atom. The van der Waals surface area contributed by atoms with Crippen molar-refractivity contribution >= 4 is 18.0 Å². The van der Waals surface area contributed by atoms with Gasteiger partial charge >= 0.3 is 11.9 Å². The highest BCUT2D eigenvalue weighted by atomic mass is 16.7. The SMILES string of the molecule is COc1cc(/C=C(\C[C@H]2c3cc(CCO)ccc3CC[C@H]2CO)C(=O)O[C@@H]2[C@H](OC(=O)CC[C@@H]3C[C@H](C)C[C@H]4C[C@@H]5CCC[C@H](C)[C@@H]5[C@@H]5CC[C@]34C[C@@H]5O)[C@@H](O)[C@H]3O[C@]2(O)C=C[C@H]3NC[C@H](C)O)ccc1O. The van der Waals surface area contributed by atoms with Crippen molar-refractivity contribution in [2.75, 3.05) is 26.9 Å². The molecule has 396 valence electrons. The molecule has 0 aromatic heterocycles. The van der Waals surface area contributed by atoms with E-state index in [0.29, 0.717) is 60.3 Å². The minimum Gasteiger partial charge on any atom is -0.504 e. The molecule has 0 radical (unpaired) electrons. The van der Waals surface area contributed by atoms with Crippen LogP contribution in [0.3, 0.4) is 0 Å². The Morgan fingerprint density at radius 2 is 1.83 bits per heavy atom. The molecule has 2 heterocycles. The molecule has 2 aromatic rings. The topological polar surface area (TPSA) is 225 Å². The van der Waals surface area contributed by atoms with Crippen LogP contribution in [0, 0.1) is 52.8 Å². The van der Waals surface area contributed by atoms with Gasteiger partial charge in [0.25, 0.3) is 0 Å². The van der Waals surface area contributed by atoms with E-state index < -0.39 is 54.3 Å². The highest BCUT2D eigenvalue weighted by Crippen LogP contribution is 2.64. The molecule has 0 unspecified atom stereocenters. The number of benzene rings is 2. The van der Waals surface area contributed by atoms with Crippen LogP contribution in [0.5, 0.6) is 11.5 Å². The molecule has 2 aromatic carbocycles. The Kier molecular flexibility index (Phi) is 16.3. The van der Waals surface area contributed by atoms with E-state index in [0.717, 1.165) is 55.2 Å². The summed E-state index contributed by atoms with van der Waals surface area (Å²) in [5, 5.41) is 81.0. The van der Waals surface area contributed by atoms with E-state index in [9.17, 15) is 40.5 Å². The second-order valence-corrected chi connectivity index (χ2v) is 23.3. The molecule has 8 aliphatic rings. The van der Waals surface area contributed by atoms with Gasteiger partial charge in [-0.3, -0.25) is 4.79 Å². The fourth-order valence-corrected chi connectivity index (χ4v) is 15.4. The number of hydrogen-bond acceptors (Lipinski definition) is 14. The Balaban J connectivity index is 1.01. The van der Waals surface area contributed by atoms with Crippen LogP contribution < -0.4 is 10.1 Å². The number of aliphatic hydroxyl groups is 6. The van der Waals surface area contributed by atoms with Crippen molar-refractivity contribution in [3.8, 4) is 11.5 Å². The Bertz CT molecular complexity index is 2300. The van der Waals surface area contributed by atoms with Gasteiger partial charge in [0, 0.05) is 31.8 Å². The molecule has 5 saturated carbocycles. The molecule has 10 rings (SSSR count). The Hall–Kier alpha value is -3.86. The summed E-state index contributed by atoms with van der Waals surface area (Å²) in [4.78, 5) is 29.6. The highest BCUT2D eigenvalue weighted by molar-refractivity contribution is 5.94. The second-order valence-electron chi connectivity index (χ2n) is 23.3. The van der Waals surface area contributed by atoms with Crippen LogP contribution in [0.1, 0.15) is 132 Å². The average Bonchev–Trinajstić information content (AvgIpc) is 3.34. The largest absolute Gasteiger partial charge is 0.504 e. The molecule has 1 spiro atoms. The molecule has 2 aliphatic heterocycles. The van der Waals surface area contributed by atoms with Gasteiger partial charge in [0.1, 0.15) is 12.2 Å². The summed E-state index contributed by atoms with van der Waals surface area (Å²) in [5.74, 6) is -1.17. The summed E-state index contributed by atoms with van der Waals surface area (Å²) in [6.45, 7) is 6.27. The first-order valence-corrected chi connectivity index (χ1v) is 27.2. The highest BCUT2D eigenvalue weighted by Gasteiger charge is 2.61. The van der Waals surface area contributed by atoms with Gasteiger partial charge in [-0.2, -0.15) is 0 Å². The van der Waals surface area contributed by atoms with E-state index in [2.05, 4.69) is 19.2 Å². The van der Waals surface area contributed by atoms with Gasteiger partial charge in [-0.25, -0.2) is 4.79 Å². The Labute approximate surface area is 425 Å². The van der Waals surface area contributed by atoms with Crippen molar-refractivity contribution in [3.05, 3.63) is 76.4 Å². The summed E-state index contributed by atoms with van der Waals surface area (Å²) in [5.41, 5.74) is 3.47. The number of carbonyl (C=O) groups excluding carboxylic acids is 2. The monoisotopic (exact) mass is 1000 g/mol. The minimum atomic E-state index is -2.35. The van der Waals surface area contributed by atoms with E-state index >= 15 is 4.79 Å². The van der Waals surface area contributed by atoms with Crippen LogP contribution >= 0.6 is 0 Å². The third kappa shape index (κ3) is 10.7. The maximum Gasteiger partial charge on any atom is 0.334 e. The maximum absolute atomic E-state index is 15.1. The van der Waals surface area contributed by atoms with Gasteiger partial charge in [-0.15, -0.1) is 0 Å². The first-order chi connectivity index (χ1) is 34.5. The lowest BCUT2D eigenvalue weighted by molar-refractivity contribution is -0.333. The number of phenolic OH excluding ortho intramolecular Hbond substituents is 1. The molecule has 0 amide bonds. The molecule has 1 saturated heterocycles. The molecule has 72 heavy (non-hydrogen) atoms. The third-order valence-electron chi connectivity index (χ3n) is 18.8. The smallest absolute Gasteiger partial charge is 0.334 e. The summed E-state index contributed by atoms with van der Waals surface area (Å²) in [6, 6.07) is 9.97. The number of fused-ring (bicyclic) bond motifs is 5. The normalized spacial score (nSPS) is 38.6. The van der Waals surface area contributed by atoms with Gasteiger partial charge in [0.2, 0.25) is 5.79 Å². The fourth-order valence-electron chi connectivity index (χ4n) is 15.4. The summed E-state index contributed by atoms with van der Waals surface area (Å²) >= 11 is 0. The number of esters is 2. The molecule has 6 fully saturated rings. The number of nitrogens with one attached hydrogen (secondary N) is 1. The number of methoxy groups -OCH3 is 1. The van der Waals surface area contributed by atoms with Crippen LogP contribution in [0.2, 0.25) is 0 Å². The molecule has 14 heteroatoms. The summed E-state index contributed by atoms with van der Waals surface area (Å²) < 4.78 is 24.2. The number of carbonyl (C=O) groups is 2. The molecule has 6 aliphatic carbocycles. The van der Waals surface area contributed by atoms with Crippen molar-refractivity contribution in [2.24, 2.45) is 52.8 Å². The fraction of sp³-hybridized carbons (Fsp3) is 0.690. The average molecular weight is 1000 g/mol. The zero-order chi connectivity index (χ0) is 51.1. The number of aliphatic hydroxyl groups excluding tert-OH is 5. The number of aromatic hydroxyl groups is 1. The van der Waals surface area contributed by atoms with Crippen LogP contribution in [-0.4, -0.2) is 123 Å². The van der Waals surface area contributed by atoms with Gasteiger partial charge in [0.15, 0.2) is 23.7 Å². The molecular weight excluding hydrogens is 919 g/mol. The molecule has 14 nitrogen and oxygen atoms in total. The van der Waals surface area contributed by atoms with Gasteiger partial charge in [-0.05, 0) is 183 Å². The van der Waals surface area contributed by atoms with Crippen molar-refractivity contribution in [3.63, 3.8) is 0 Å². The van der Waals surface area contributed by atoms with Crippen molar-refractivity contribution < 1.29 is 64.3 Å². The van der Waals surface area contributed by atoms with Crippen LogP contribution in [-0.2, 0) is 36.6 Å². The van der Waals surface area contributed by atoms with Gasteiger partial charge < -0.3 is 60.0 Å². The van der Waals surface area contributed by atoms with Crippen molar-refractivity contribution in [2.45, 2.75) is 171 Å². The van der Waals surface area contributed by atoms with E-state index in [-0.39, 0.29) is 78.9 Å². The molecule has 4 bridgehead atoms. The second kappa shape index (κ2) is 22.2. The minimum absolute atomic E-state index is 0.0254.